The summed E-state index contributed by atoms with van der Waals surface area (Å²) in [7, 11) is 0. The number of carbonyl (C=O) groups excluding carboxylic acids is 1. The molecule has 5 heteroatoms. The number of hydrogen-bond acceptors (Lipinski definition) is 3. The summed E-state index contributed by atoms with van der Waals surface area (Å²) in [6.07, 6.45) is 2.07. The standard InChI is InChI=1S/C17H13FN2O2/c18-14-6-7-16(22-11-12-4-2-1-3-5-12)15(8-14)17-13(10-21)9-19-20-17/h1-10H,11H2,(H,19,20). The monoisotopic (exact) mass is 296 g/mol. The van der Waals surface area contributed by atoms with Crippen molar-refractivity contribution in [3.63, 3.8) is 0 Å². The number of aldehydes is 1. The minimum absolute atomic E-state index is 0.351. The molecule has 2 aromatic carbocycles. The smallest absolute Gasteiger partial charge is 0.153 e. The molecule has 0 atom stereocenters. The largest absolute Gasteiger partial charge is 0.488 e. The Bertz CT molecular complexity index is 784. The molecule has 0 saturated heterocycles. The van der Waals surface area contributed by atoms with Crippen molar-refractivity contribution in [1.29, 1.82) is 0 Å². The number of ether oxygens (including phenoxy) is 1. The lowest BCUT2D eigenvalue weighted by Crippen LogP contribution is -1.98. The maximum Gasteiger partial charge on any atom is 0.153 e. The van der Waals surface area contributed by atoms with E-state index in [0.29, 0.717) is 35.5 Å². The Labute approximate surface area is 126 Å². The first kappa shape index (κ1) is 14.0. The van der Waals surface area contributed by atoms with Crippen molar-refractivity contribution < 1.29 is 13.9 Å². The molecule has 22 heavy (non-hydrogen) atoms. The zero-order chi connectivity index (χ0) is 15.4. The second kappa shape index (κ2) is 6.22. The fourth-order valence-corrected chi connectivity index (χ4v) is 2.16. The van der Waals surface area contributed by atoms with Crippen molar-refractivity contribution in [2.75, 3.05) is 0 Å². The molecular formula is C17H13FN2O2. The van der Waals surface area contributed by atoms with Crippen LogP contribution in [0.5, 0.6) is 5.75 Å². The summed E-state index contributed by atoms with van der Waals surface area (Å²) in [4.78, 5) is 11.0. The number of aromatic nitrogens is 2. The normalized spacial score (nSPS) is 10.4. The van der Waals surface area contributed by atoms with Crippen LogP contribution in [0.25, 0.3) is 11.3 Å². The van der Waals surface area contributed by atoms with Crippen LogP contribution in [0.3, 0.4) is 0 Å². The minimum atomic E-state index is -0.409. The van der Waals surface area contributed by atoms with Crippen molar-refractivity contribution in [1.82, 2.24) is 10.2 Å². The number of aromatic amines is 1. The number of nitrogens with zero attached hydrogens (tertiary/aromatic N) is 1. The van der Waals surface area contributed by atoms with E-state index in [2.05, 4.69) is 10.2 Å². The summed E-state index contributed by atoms with van der Waals surface area (Å²) >= 11 is 0. The molecule has 1 aromatic heterocycles. The second-order valence-electron chi connectivity index (χ2n) is 4.73. The van der Waals surface area contributed by atoms with Crippen molar-refractivity contribution in [3.8, 4) is 17.0 Å². The molecule has 110 valence electrons. The third-order valence-electron chi connectivity index (χ3n) is 3.24. The van der Waals surface area contributed by atoms with Gasteiger partial charge < -0.3 is 4.74 Å². The molecule has 0 aliphatic carbocycles. The molecule has 0 aliphatic rings. The van der Waals surface area contributed by atoms with E-state index in [1.807, 2.05) is 30.3 Å². The van der Waals surface area contributed by atoms with Gasteiger partial charge in [0.2, 0.25) is 0 Å². The van der Waals surface area contributed by atoms with Crippen LogP contribution in [-0.2, 0) is 6.61 Å². The summed E-state index contributed by atoms with van der Waals surface area (Å²) in [5.41, 5.74) is 2.27. The fourth-order valence-electron chi connectivity index (χ4n) is 2.16. The third-order valence-corrected chi connectivity index (χ3v) is 3.24. The van der Waals surface area contributed by atoms with E-state index in [4.69, 9.17) is 4.74 Å². The van der Waals surface area contributed by atoms with Gasteiger partial charge in [0.25, 0.3) is 0 Å². The van der Waals surface area contributed by atoms with Gasteiger partial charge in [-0.05, 0) is 23.8 Å². The van der Waals surface area contributed by atoms with Gasteiger partial charge >= 0.3 is 0 Å². The van der Waals surface area contributed by atoms with E-state index in [0.717, 1.165) is 5.56 Å². The maximum atomic E-state index is 13.6. The van der Waals surface area contributed by atoms with Gasteiger partial charge in [0.1, 0.15) is 18.2 Å². The maximum absolute atomic E-state index is 13.6. The van der Waals surface area contributed by atoms with E-state index in [1.165, 1.54) is 18.3 Å². The van der Waals surface area contributed by atoms with Crippen LogP contribution < -0.4 is 4.74 Å². The highest BCUT2D eigenvalue weighted by molar-refractivity contribution is 5.86. The van der Waals surface area contributed by atoms with E-state index in [-0.39, 0.29) is 0 Å². The first-order chi connectivity index (χ1) is 10.8. The van der Waals surface area contributed by atoms with Gasteiger partial charge in [0, 0.05) is 5.56 Å². The topological polar surface area (TPSA) is 55.0 Å². The van der Waals surface area contributed by atoms with Crippen LogP contribution in [0.15, 0.2) is 54.7 Å². The lowest BCUT2D eigenvalue weighted by atomic mass is 10.1. The molecule has 3 rings (SSSR count). The quantitative estimate of drug-likeness (QED) is 0.732. The number of hydrogen-bond donors (Lipinski definition) is 1. The Kier molecular flexibility index (Phi) is 3.96. The van der Waals surface area contributed by atoms with E-state index in [9.17, 15) is 9.18 Å². The van der Waals surface area contributed by atoms with Crippen molar-refractivity contribution in [2.45, 2.75) is 6.61 Å². The van der Waals surface area contributed by atoms with Gasteiger partial charge in [-0.15, -0.1) is 0 Å². The molecule has 0 bridgehead atoms. The van der Waals surface area contributed by atoms with Gasteiger partial charge in [-0.25, -0.2) is 4.39 Å². The average Bonchev–Trinajstić information content (AvgIpc) is 3.03. The second-order valence-corrected chi connectivity index (χ2v) is 4.73. The number of carbonyl (C=O) groups is 1. The lowest BCUT2D eigenvalue weighted by molar-refractivity contribution is 0.112. The van der Waals surface area contributed by atoms with E-state index < -0.39 is 5.82 Å². The first-order valence-electron chi connectivity index (χ1n) is 6.73. The van der Waals surface area contributed by atoms with Crippen LogP contribution >= 0.6 is 0 Å². The molecule has 0 amide bonds. The van der Waals surface area contributed by atoms with Gasteiger partial charge in [0.15, 0.2) is 6.29 Å². The highest BCUT2D eigenvalue weighted by atomic mass is 19.1. The van der Waals surface area contributed by atoms with Gasteiger partial charge in [0.05, 0.1) is 17.5 Å². The number of H-pyrrole nitrogens is 1. The third kappa shape index (κ3) is 2.88. The van der Waals surface area contributed by atoms with Crippen LogP contribution in [-0.4, -0.2) is 16.5 Å². The zero-order valence-electron chi connectivity index (χ0n) is 11.6. The van der Waals surface area contributed by atoms with Gasteiger partial charge in [-0.2, -0.15) is 5.10 Å². The number of halogens is 1. The predicted molar refractivity (Wildman–Crippen MR) is 80.1 cm³/mol. The number of benzene rings is 2. The predicted octanol–water partition coefficient (Wildman–Crippen LogP) is 3.61. The molecule has 4 nitrogen and oxygen atoms in total. The lowest BCUT2D eigenvalue weighted by Gasteiger charge is -2.11. The molecule has 0 fully saturated rings. The van der Waals surface area contributed by atoms with E-state index in [1.54, 1.807) is 6.07 Å². The Hall–Kier alpha value is -2.95. The molecule has 3 aromatic rings. The summed E-state index contributed by atoms with van der Waals surface area (Å²) in [5, 5.41) is 6.54. The minimum Gasteiger partial charge on any atom is -0.488 e. The molecule has 0 unspecified atom stereocenters. The van der Waals surface area contributed by atoms with Gasteiger partial charge in [-0.3, -0.25) is 9.89 Å². The Morgan fingerprint density at radius 2 is 2.00 bits per heavy atom. The Morgan fingerprint density at radius 1 is 1.18 bits per heavy atom. The molecule has 0 spiro atoms. The van der Waals surface area contributed by atoms with Crippen molar-refractivity contribution in [2.24, 2.45) is 0 Å². The highest BCUT2D eigenvalue weighted by Gasteiger charge is 2.14. The van der Waals surface area contributed by atoms with E-state index >= 15 is 0 Å². The van der Waals surface area contributed by atoms with Gasteiger partial charge in [-0.1, -0.05) is 30.3 Å². The van der Waals surface area contributed by atoms with Crippen molar-refractivity contribution >= 4 is 6.29 Å². The first-order valence-corrected chi connectivity index (χ1v) is 6.73. The van der Waals surface area contributed by atoms with Crippen LogP contribution in [0.1, 0.15) is 15.9 Å². The molecule has 1 heterocycles. The SMILES string of the molecule is O=Cc1cn[nH]c1-c1cc(F)ccc1OCc1ccccc1. The molecule has 1 N–H and O–H groups in total. The van der Waals surface area contributed by atoms with Crippen LogP contribution in [0.2, 0.25) is 0 Å². The molecule has 0 aliphatic heterocycles. The van der Waals surface area contributed by atoms with Crippen LogP contribution in [0.4, 0.5) is 4.39 Å². The van der Waals surface area contributed by atoms with Crippen molar-refractivity contribution in [3.05, 3.63) is 71.7 Å². The summed E-state index contributed by atoms with van der Waals surface area (Å²) in [5.74, 6) is 0.0751. The average molecular weight is 296 g/mol. The summed E-state index contributed by atoms with van der Waals surface area (Å²) in [6.45, 7) is 0.351. The molecule has 0 saturated carbocycles. The fraction of sp³-hybridized carbons (Fsp3) is 0.0588. The zero-order valence-corrected chi connectivity index (χ0v) is 11.6. The molecular weight excluding hydrogens is 283 g/mol. The Morgan fingerprint density at radius 3 is 2.77 bits per heavy atom. The summed E-state index contributed by atoms with van der Waals surface area (Å²) < 4.78 is 19.3. The highest BCUT2D eigenvalue weighted by Crippen LogP contribution is 2.31. The Balaban J connectivity index is 1.93. The summed E-state index contributed by atoms with van der Waals surface area (Å²) in [6, 6.07) is 13.8. The number of nitrogens with one attached hydrogen (secondary N) is 1. The molecule has 0 radical (unpaired) electrons. The van der Waals surface area contributed by atoms with Crippen LogP contribution in [0, 0.1) is 5.82 Å². The number of rotatable bonds is 5.